The Bertz CT molecular complexity index is 1250. The number of hydrogen-bond acceptors (Lipinski definition) is 8. The van der Waals surface area contributed by atoms with Crippen molar-refractivity contribution in [2.75, 3.05) is 19.8 Å². The Kier molecular flexibility index (Phi) is 10.1. The van der Waals surface area contributed by atoms with Crippen molar-refractivity contribution in [1.29, 1.82) is 0 Å². The van der Waals surface area contributed by atoms with Crippen molar-refractivity contribution in [1.82, 2.24) is 9.80 Å². The average Bonchev–Trinajstić information content (AvgIpc) is 3.35. The molecular weight excluding hydrogens is 524 g/mol. The Balaban J connectivity index is 0.00000420. The van der Waals surface area contributed by atoms with Gasteiger partial charge in [-0.3, -0.25) is 20.2 Å². The number of ether oxygens (including phenoxy) is 2. The molecule has 0 amide bonds. The van der Waals surface area contributed by atoms with Crippen LogP contribution in [0.15, 0.2) is 85.2 Å². The quantitative estimate of drug-likeness (QED) is 0.194. The molecule has 0 saturated heterocycles. The van der Waals surface area contributed by atoms with E-state index in [4.69, 9.17) is 9.47 Å². The highest BCUT2D eigenvalue weighted by Gasteiger charge is 2.24. The van der Waals surface area contributed by atoms with Crippen molar-refractivity contribution in [3.63, 3.8) is 0 Å². The van der Waals surface area contributed by atoms with Gasteiger partial charge in [-0.15, -0.1) is 12.4 Å². The third kappa shape index (κ3) is 8.34. The van der Waals surface area contributed by atoms with Crippen LogP contribution >= 0.6 is 12.4 Å². The lowest BCUT2D eigenvalue weighted by Gasteiger charge is -2.27. The molecule has 0 aromatic heterocycles. The minimum Gasteiger partial charge on any atom is -0.491 e. The van der Waals surface area contributed by atoms with Crippen LogP contribution in [0.5, 0.6) is 11.5 Å². The van der Waals surface area contributed by atoms with Gasteiger partial charge in [-0.25, -0.2) is 0 Å². The summed E-state index contributed by atoms with van der Waals surface area (Å²) in [7, 11) is 0. The number of nitro benzene ring substituents is 2. The van der Waals surface area contributed by atoms with E-state index >= 15 is 0 Å². The van der Waals surface area contributed by atoms with Crippen LogP contribution in [0.3, 0.4) is 0 Å². The molecule has 11 heteroatoms. The van der Waals surface area contributed by atoms with E-state index < -0.39 is 27.3 Å². The zero-order valence-corrected chi connectivity index (χ0v) is 22.5. The molecule has 1 atom stereocenters. The molecule has 0 radical (unpaired) electrons. The maximum Gasteiger partial charge on any atom is 0.280 e. The van der Waals surface area contributed by atoms with E-state index in [1.54, 1.807) is 0 Å². The predicted octanol–water partition coefficient (Wildman–Crippen LogP) is 6.12. The van der Waals surface area contributed by atoms with Gasteiger partial charge in [0.25, 0.3) is 11.4 Å². The lowest BCUT2D eigenvalue weighted by atomic mass is 10.1. The molecule has 0 spiro atoms. The first kappa shape index (κ1) is 29.2. The first-order chi connectivity index (χ1) is 18.3. The van der Waals surface area contributed by atoms with Gasteiger partial charge < -0.3 is 19.3 Å². The first-order valence-electron chi connectivity index (χ1n) is 12.3. The lowest BCUT2D eigenvalue weighted by molar-refractivity contribution is -0.394. The van der Waals surface area contributed by atoms with Crippen LogP contribution in [0.4, 0.5) is 11.4 Å². The van der Waals surface area contributed by atoms with E-state index in [0.717, 1.165) is 24.6 Å². The normalized spacial score (nSPS) is 13.2. The van der Waals surface area contributed by atoms with Crippen molar-refractivity contribution in [2.45, 2.75) is 32.5 Å². The second-order valence-electron chi connectivity index (χ2n) is 9.30. The molecule has 39 heavy (non-hydrogen) atoms. The summed E-state index contributed by atoms with van der Waals surface area (Å²) in [5.74, 6) is 0.768. The Morgan fingerprint density at radius 2 is 1.44 bits per heavy atom. The standard InChI is InChI=1S/C28H30N4O6.ClH/c1-21(2)37-26-10-8-23(9-11-26)28(38-27-17-24(31(33)34)16-25(18-27)32(35)36)19-30-15-14-29(20-30)13-12-22-6-4-3-5-7-22;/h3-11,14-18,21,28H,12-13,19-20H2,1-2H3;1H. The van der Waals surface area contributed by atoms with Crippen LogP contribution in [0.1, 0.15) is 31.1 Å². The fraction of sp³-hybridized carbons (Fsp3) is 0.286. The molecule has 1 aliphatic rings. The lowest BCUT2D eigenvalue weighted by Crippen LogP contribution is -2.31. The van der Waals surface area contributed by atoms with Gasteiger partial charge in [-0.05, 0) is 43.5 Å². The summed E-state index contributed by atoms with van der Waals surface area (Å²) < 4.78 is 11.9. The molecule has 3 aromatic carbocycles. The van der Waals surface area contributed by atoms with Gasteiger partial charge in [0.05, 0.1) is 47.4 Å². The summed E-state index contributed by atoms with van der Waals surface area (Å²) >= 11 is 0. The minimum atomic E-state index is -0.666. The molecule has 1 heterocycles. The molecule has 3 aromatic rings. The van der Waals surface area contributed by atoms with E-state index in [2.05, 4.69) is 21.9 Å². The van der Waals surface area contributed by atoms with Crippen LogP contribution in [-0.4, -0.2) is 45.5 Å². The molecule has 0 fully saturated rings. The van der Waals surface area contributed by atoms with Gasteiger partial charge in [-0.1, -0.05) is 42.5 Å². The fourth-order valence-corrected chi connectivity index (χ4v) is 4.17. The van der Waals surface area contributed by atoms with Crippen molar-refractivity contribution in [3.05, 3.63) is 117 Å². The molecule has 0 bridgehead atoms. The molecule has 1 aliphatic heterocycles. The zero-order chi connectivity index (χ0) is 27.1. The molecule has 0 aliphatic carbocycles. The van der Waals surface area contributed by atoms with Crippen LogP contribution in [-0.2, 0) is 6.42 Å². The maximum absolute atomic E-state index is 11.4. The van der Waals surface area contributed by atoms with E-state index in [1.165, 1.54) is 17.7 Å². The summed E-state index contributed by atoms with van der Waals surface area (Å²) in [5.41, 5.74) is 1.27. The van der Waals surface area contributed by atoms with Crippen LogP contribution in [0.2, 0.25) is 0 Å². The topological polar surface area (TPSA) is 111 Å². The van der Waals surface area contributed by atoms with Crippen molar-refractivity contribution < 1.29 is 19.3 Å². The highest BCUT2D eigenvalue weighted by molar-refractivity contribution is 5.85. The summed E-state index contributed by atoms with van der Waals surface area (Å²) in [4.78, 5) is 25.7. The van der Waals surface area contributed by atoms with Crippen LogP contribution in [0.25, 0.3) is 0 Å². The van der Waals surface area contributed by atoms with Crippen LogP contribution < -0.4 is 9.47 Å². The monoisotopic (exact) mass is 554 g/mol. The van der Waals surface area contributed by atoms with E-state index in [-0.39, 0.29) is 24.3 Å². The number of hydrogen-bond donors (Lipinski definition) is 0. The second-order valence-corrected chi connectivity index (χ2v) is 9.30. The van der Waals surface area contributed by atoms with Crippen molar-refractivity contribution >= 4 is 23.8 Å². The summed E-state index contributed by atoms with van der Waals surface area (Å²) in [6, 6.07) is 21.0. The fourth-order valence-electron chi connectivity index (χ4n) is 4.17. The second kappa shape index (κ2) is 13.5. The highest BCUT2D eigenvalue weighted by atomic mass is 35.5. The molecule has 0 N–H and O–H groups in total. The van der Waals surface area contributed by atoms with Gasteiger partial charge in [0.2, 0.25) is 0 Å². The number of rotatable bonds is 12. The van der Waals surface area contributed by atoms with E-state index in [9.17, 15) is 20.2 Å². The van der Waals surface area contributed by atoms with Gasteiger partial charge >= 0.3 is 0 Å². The van der Waals surface area contributed by atoms with Crippen molar-refractivity contribution in [2.24, 2.45) is 0 Å². The Labute approximate surface area is 233 Å². The number of halogens is 1. The number of non-ortho nitro benzene ring substituents is 2. The summed E-state index contributed by atoms with van der Waals surface area (Å²) in [5, 5.41) is 22.8. The zero-order valence-electron chi connectivity index (χ0n) is 21.7. The number of nitrogens with zero attached hydrogens (tertiary/aromatic N) is 4. The van der Waals surface area contributed by atoms with Gasteiger partial charge in [0, 0.05) is 18.9 Å². The molecule has 4 rings (SSSR count). The van der Waals surface area contributed by atoms with E-state index in [1.807, 2.05) is 68.7 Å². The predicted molar refractivity (Wildman–Crippen MR) is 150 cm³/mol. The van der Waals surface area contributed by atoms with Gasteiger partial charge in [-0.2, -0.15) is 0 Å². The molecule has 10 nitrogen and oxygen atoms in total. The minimum absolute atomic E-state index is 0. The van der Waals surface area contributed by atoms with Gasteiger partial charge in [0.1, 0.15) is 17.6 Å². The number of benzene rings is 3. The van der Waals surface area contributed by atoms with Crippen LogP contribution in [0, 0.1) is 20.2 Å². The third-order valence-electron chi connectivity index (χ3n) is 5.98. The first-order valence-corrected chi connectivity index (χ1v) is 12.3. The Morgan fingerprint density at radius 1 is 0.821 bits per heavy atom. The van der Waals surface area contributed by atoms with Gasteiger partial charge in [0.15, 0.2) is 0 Å². The Hall–Kier alpha value is -4.31. The average molecular weight is 555 g/mol. The smallest absolute Gasteiger partial charge is 0.280 e. The molecule has 206 valence electrons. The highest BCUT2D eigenvalue weighted by Crippen LogP contribution is 2.32. The largest absolute Gasteiger partial charge is 0.491 e. The summed E-state index contributed by atoms with van der Waals surface area (Å²) in [6.45, 7) is 5.81. The SMILES string of the molecule is CC(C)Oc1ccc(C(CN2C=CN(CCc3ccccc3)C2)Oc2cc([N+](=O)[O-])cc([N+](=O)[O-])c2)cc1.Cl. The van der Waals surface area contributed by atoms with E-state index in [0.29, 0.717) is 19.0 Å². The molecular formula is C28H31ClN4O6. The Morgan fingerprint density at radius 3 is 2.03 bits per heavy atom. The van der Waals surface area contributed by atoms with Crippen molar-refractivity contribution in [3.8, 4) is 11.5 Å². The maximum atomic E-state index is 11.4. The molecule has 1 unspecified atom stereocenters. The summed E-state index contributed by atoms with van der Waals surface area (Å²) in [6.07, 6.45) is 4.39. The molecule has 0 saturated carbocycles. The third-order valence-corrected chi connectivity index (χ3v) is 5.98. The number of nitro groups is 2.